The van der Waals surface area contributed by atoms with Crippen LogP contribution in [0.1, 0.15) is 24.2 Å². The molecule has 0 saturated carbocycles. The molecule has 8 nitrogen and oxygen atoms in total. The van der Waals surface area contributed by atoms with E-state index < -0.39 is 15.9 Å². The number of hydrogen-bond donors (Lipinski definition) is 2. The van der Waals surface area contributed by atoms with Crippen LogP contribution < -0.4 is 5.32 Å². The van der Waals surface area contributed by atoms with Crippen molar-refractivity contribution in [2.45, 2.75) is 24.8 Å². The standard InChI is InChI=1S/C21H22N4O4S/c1-14(2)25(3)30(28,29)19-9-5-7-16(11-19)21(27)24-17-12-22-20(23-13-17)15-6-4-8-18(26)10-15/h4-14,26H,1-3H3,(H,24,27). The molecule has 3 rings (SSSR count). The normalized spacial score (nSPS) is 11.6. The second-order valence-corrected chi connectivity index (χ2v) is 8.94. The molecule has 0 fully saturated rings. The van der Waals surface area contributed by atoms with Gasteiger partial charge in [0.1, 0.15) is 5.75 Å². The van der Waals surface area contributed by atoms with Gasteiger partial charge in [0, 0.05) is 24.2 Å². The van der Waals surface area contributed by atoms with E-state index >= 15 is 0 Å². The number of phenols is 1. The number of rotatable bonds is 6. The molecule has 3 aromatic rings. The number of benzene rings is 2. The summed E-state index contributed by atoms with van der Waals surface area (Å²) in [5.74, 6) is 0.0214. The van der Waals surface area contributed by atoms with Gasteiger partial charge in [-0.25, -0.2) is 18.4 Å². The number of carbonyl (C=O) groups is 1. The zero-order valence-corrected chi connectivity index (χ0v) is 17.6. The number of nitrogens with zero attached hydrogens (tertiary/aromatic N) is 3. The van der Waals surface area contributed by atoms with Crippen molar-refractivity contribution in [2.75, 3.05) is 12.4 Å². The van der Waals surface area contributed by atoms with Crippen LogP contribution in [0.4, 0.5) is 5.69 Å². The number of carbonyl (C=O) groups excluding carboxylic acids is 1. The monoisotopic (exact) mass is 426 g/mol. The van der Waals surface area contributed by atoms with Crippen molar-refractivity contribution in [3.8, 4) is 17.1 Å². The highest BCUT2D eigenvalue weighted by atomic mass is 32.2. The highest BCUT2D eigenvalue weighted by molar-refractivity contribution is 7.89. The molecule has 1 amide bonds. The SMILES string of the molecule is CC(C)N(C)S(=O)(=O)c1cccc(C(=O)Nc2cnc(-c3cccc(O)c3)nc2)c1. The molecule has 0 aliphatic carbocycles. The summed E-state index contributed by atoms with van der Waals surface area (Å²) in [6.45, 7) is 3.54. The van der Waals surface area contributed by atoms with Crippen molar-refractivity contribution in [2.24, 2.45) is 0 Å². The van der Waals surface area contributed by atoms with Crippen LogP contribution in [0.15, 0.2) is 65.8 Å². The minimum absolute atomic E-state index is 0.0434. The van der Waals surface area contributed by atoms with Crippen molar-refractivity contribution in [1.29, 1.82) is 0 Å². The van der Waals surface area contributed by atoms with E-state index in [4.69, 9.17) is 0 Å². The Hall–Kier alpha value is -3.30. The number of phenolic OH excluding ortho intramolecular Hbond substituents is 1. The maximum atomic E-state index is 12.7. The van der Waals surface area contributed by atoms with Crippen molar-refractivity contribution < 1.29 is 18.3 Å². The van der Waals surface area contributed by atoms with E-state index in [9.17, 15) is 18.3 Å². The van der Waals surface area contributed by atoms with Gasteiger partial charge >= 0.3 is 0 Å². The van der Waals surface area contributed by atoms with Gasteiger partial charge in [0.15, 0.2) is 5.82 Å². The second kappa shape index (κ2) is 8.60. The highest BCUT2D eigenvalue weighted by Crippen LogP contribution is 2.21. The number of aromatic hydroxyl groups is 1. The fourth-order valence-corrected chi connectivity index (χ4v) is 4.05. The molecular formula is C21H22N4O4S. The van der Waals surface area contributed by atoms with E-state index in [1.807, 2.05) is 0 Å². The zero-order chi connectivity index (χ0) is 21.9. The molecule has 30 heavy (non-hydrogen) atoms. The first-order chi connectivity index (χ1) is 14.2. The van der Waals surface area contributed by atoms with Gasteiger partial charge in [-0.15, -0.1) is 0 Å². The fraction of sp³-hybridized carbons (Fsp3) is 0.190. The molecule has 0 atom stereocenters. The summed E-state index contributed by atoms with van der Waals surface area (Å²) in [6.07, 6.45) is 2.88. The first-order valence-electron chi connectivity index (χ1n) is 9.19. The lowest BCUT2D eigenvalue weighted by Gasteiger charge is -2.21. The Morgan fingerprint density at radius 1 is 1.07 bits per heavy atom. The van der Waals surface area contributed by atoms with Gasteiger partial charge in [-0.2, -0.15) is 4.31 Å². The van der Waals surface area contributed by atoms with Crippen molar-refractivity contribution in [3.05, 3.63) is 66.5 Å². The van der Waals surface area contributed by atoms with Crippen LogP contribution in [0.2, 0.25) is 0 Å². The van der Waals surface area contributed by atoms with Gasteiger partial charge in [0.05, 0.1) is 23.0 Å². The van der Waals surface area contributed by atoms with Gasteiger partial charge in [-0.3, -0.25) is 4.79 Å². The van der Waals surface area contributed by atoms with E-state index in [0.717, 1.165) is 0 Å². The van der Waals surface area contributed by atoms with E-state index in [1.54, 1.807) is 32.0 Å². The highest BCUT2D eigenvalue weighted by Gasteiger charge is 2.24. The Labute approximate surface area is 175 Å². The smallest absolute Gasteiger partial charge is 0.255 e. The summed E-state index contributed by atoms with van der Waals surface area (Å²) in [5, 5.41) is 12.2. The third kappa shape index (κ3) is 4.64. The Balaban J connectivity index is 1.78. The summed E-state index contributed by atoms with van der Waals surface area (Å²) < 4.78 is 26.6. The number of hydrogen-bond acceptors (Lipinski definition) is 6. The van der Waals surface area contributed by atoms with Crippen LogP contribution >= 0.6 is 0 Å². The lowest BCUT2D eigenvalue weighted by molar-refractivity contribution is 0.102. The predicted molar refractivity (Wildman–Crippen MR) is 114 cm³/mol. The molecule has 0 bridgehead atoms. The van der Waals surface area contributed by atoms with Crippen LogP contribution in [0.25, 0.3) is 11.4 Å². The molecule has 0 aliphatic heterocycles. The molecule has 0 unspecified atom stereocenters. The molecule has 0 aliphatic rings. The third-order valence-electron chi connectivity index (χ3n) is 4.51. The largest absolute Gasteiger partial charge is 0.508 e. The molecule has 0 spiro atoms. The first kappa shape index (κ1) is 21.4. The van der Waals surface area contributed by atoms with Gasteiger partial charge < -0.3 is 10.4 Å². The number of aromatic nitrogens is 2. The van der Waals surface area contributed by atoms with Crippen LogP contribution in [0.3, 0.4) is 0 Å². The molecular weight excluding hydrogens is 404 g/mol. The molecule has 156 valence electrons. The van der Waals surface area contributed by atoms with Crippen LogP contribution in [-0.2, 0) is 10.0 Å². The van der Waals surface area contributed by atoms with E-state index in [1.165, 1.54) is 54.1 Å². The minimum Gasteiger partial charge on any atom is -0.508 e. The maximum Gasteiger partial charge on any atom is 0.255 e. The topological polar surface area (TPSA) is 112 Å². The number of anilines is 1. The molecule has 0 saturated heterocycles. The Kier molecular flexibility index (Phi) is 6.14. The molecule has 0 radical (unpaired) electrons. The Morgan fingerprint density at radius 3 is 2.37 bits per heavy atom. The van der Waals surface area contributed by atoms with Gasteiger partial charge in [-0.05, 0) is 44.2 Å². The van der Waals surface area contributed by atoms with Gasteiger partial charge in [0.2, 0.25) is 10.0 Å². The molecule has 2 aromatic carbocycles. The molecule has 1 heterocycles. The van der Waals surface area contributed by atoms with Crippen molar-refractivity contribution in [1.82, 2.24) is 14.3 Å². The van der Waals surface area contributed by atoms with Gasteiger partial charge in [0.25, 0.3) is 5.91 Å². The van der Waals surface area contributed by atoms with Crippen LogP contribution in [0.5, 0.6) is 5.75 Å². The van der Waals surface area contributed by atoms with Crippen LogP contribution in [0, 0.1) is 0 Å². The molecule has 1 aromatic heterocycles. The third-order valence-corrected chi connectivity index (χ3v) is 6.54. The Bertz CT molecular complexity index is 1160. The number of nitrogens with one attached hydrogen (secondary N) is 1. The quantitative estimate of drug-likeness (QED) is 0.626. The molecule has 9 heteroatoms. The average Bonchev–Trinajstić information content (AvgIpc) is 2.73. The molecule has 2 N–H and O–H groups in total. The minimum atomic E-state index is -3.70. The summed E-state index contributed by atoms with van der Waals surface area (Å²) in [6, 6.07) is 12.2. The lowest BCUT2D eigenvalue weighted by atomic mass is 10.2. The first-order valence-corrected chi connectivity index (χ1v) is 10.6. The predicted octanol–water partition coefficient (Wildman–Crippen LogP) is 3.13. The van der Waals surface area contributed by atoms with E-state index in [-0.39, 0.29) is 22.3 Å². The number of amides is 1. The summed E-state index contributed by atoms with van der Waals surface area (Å²) >= 11 is 0. The van der Waals surface area contributed by atoms with Crippen molar-refractivity contribution >= 4 is 21.6 Å². The van der Waals surface area contributed by atoms with E-state index in [0.29, 0.717) is 17.1 Å². The number of sulfonamides is 1. The lowest BCUT2D eigenvalue weighted by Crippen LogP contribution is -2.33. The maximum absolute atomic E-state index is 12.7. The van der Waals surface area contributed by atoms with Gasteiger partial charge in [-0.1, -0.05) is 18.2 Å². The second-order valence-electron chi connectivity index (χ2n) is 6.94. The average molecular weight is 426 g/mol. The summed E-state index contributed by atoms with van der Waals surface area (Å²) in [4.78, 5) is 21.0. The Morgan fingerprint density at radius 2 is 1.73 bits per heavy atom. The summed E-state index contributed by atoms with van der Waals surface area (Å²) in [7, 11) is -2.20. The van der Waals surface area contributed by atoms with E-state index in [2.05, 4.69) is 15.3 Å². The van der Waals surface area contributed by atoms with Crippen LogP contribution in [-0.4, -0.2) is 46.8 Å². The fourth-order valence-electron chi connectivity index (χ4n) is 2.63. The zero-order valence-electron chi connectivity index (χ0n) is 16.8. The van der Waals surface area contributed by atoms with Crippen molar-refractivity contribution in [3.63, 3.8) is 0 Å². The summed E-state index contributed by atoms with van der Waals surface area (Å²) in [5.41, 5.74) is 1.20.